The van der Waals surface area contributed by atoms with Gasteiger partial charge in [-0.05, 0) is 112 Å². The lowest BCUT2D eigenvalue weighted by Crippen LogP contribution is -2.59. The zero-order chi connectivity index (χ0) is 30.5. The van der Waals surface area contributed by atoms with E-state index in [0.29, 0.717) is 37.2 Å². The molecule has 0 bridgehead atoms. The molecule has 1 N–H and O–H groups in total. The second-order valence-corrected chi connectivity index (χ2v) is 12.3. The molecule has 0 aromatic heterocycles. The van der Waals surface area contributed by atoms with Crippen LogP contribution in [0.4, 0.5) is 18.0 Å². The van der Waals surface area contributed by atoms with Crippen molar-refractivity contribution in [3.63, 3.8) is 0 Å². The minimum atomic E-state index is -3.06. The van der Waals surface area contributed by atoms with Crippen molar-refractivity contribution in [2.45, 2.75) is 55.9 Å². The van der Waals surface area contributed by atoms with Crippen LogP contribution in [0.5, 0.6) is 5.75 Å². The summed E-state index contributed by atoms with van der Waals surface area (Å²) in [6, 6.07) is 14.9. The Bertz CT molecular complexity index is 1270. The summed E-state index contributed by atoms with van der Waals surface area (Å²) >= 11 is 0. The van der Waals surface area contributed by atoms with E-state index in [1.54, 1.807) is 29.2 Å². The number of nitrogens with zero attached hydrogens (tertiary/aromatic N) is 3. The second-order valence-electron chi connectivity index (χ2n) is 12.3. The number of nitriles is 1. The molecule has 10 heteroatoms. The number of nitrogens with one attached hydrogen (secondary N) is 1. The van der Waals surface area contributed by atoms with Crippen LogP contribution in [0.15, 0.2) is 48.5 Å². The summed E-state index contributed by atoms with van der Waals surface area (Å²) in [7, 11) is 1.36. The molecule has 2 heterocycles. The molecule has 0 radical (unpaired) electrons. The van der Waals surface area contributed by atoms with Gasteiger partial charge in [0.05, 0.1) is 25.3 Å². The lowest BCUT2D eigenvalue weighted by Gasteiger charge is -2.53. The van der Waals surface area contributed by atoms with Gasteiger partial charge in [-0.25, -0.2) is 18.0 Å². The van der Waals surface area contributed by atoms with Gasteiger partial charge in [-0.3, -0.25) is 4.90 Å². The molecule has 232 valence electrons. The van der Waals surface area contributed by atoms with Gasteiger partial charge in [-0.2, -0.15) is 5.26 Å². The lowest BCUT2D eigenvalue weighted by atomic mass is 9.57. The van der Waals surface area contributed by atoms with Crippen molar-refractivity contribution in [2.75, 3.05) is 53.0 Å². The minimum Gasteiger partial charge on any atom is -0.487 e. The van der Waals surface area contributed by atoms with Gasteiger partial charge < -0.3 is 19.7 Å². The number of carbonyl (C=O) groups is 1. The van der Waals surface area contributed by atoms with E-state index in [0.717, 1.165) is 50.9 Å². The van der Waals surface area contributed by atoms with E-state index < -0.39 is 30.6 Å². The molecule has 1 amide bonds. The van der Waals surface area contributed by atoms with E-state index in [9.17, 15) is 9.18 Å². The van der Waals surface area contributed by atoms with Crippen LogP contribution >= 0.6 is 0 Å². The largest absolute Gasteiger partial charge is 0.487 e. The van der Waals surface area contributed by atoms with Crippen LogP contribution in [0.3, 0.4) is 0 Å². The number of amides is 1. The molecule has 43 heavy (non-hydrogen) atoms. The van der Waals surface area contributed by atoms with Crippen LogP contribution in [-0.2, 0) is 10.2 Å². The first-order chi connectivity index (χ1) is 20.7. The lowest BCUT2D eigenvalue weighted by molar-refractivity contribution is -0.0741. The first kappa shape index (κ1) is 31.1. The van der Waals surface area contributed by atoms with Crippen LogP contribution < -0.4 is 10.1 Å². The third-order valence-electron chi connectivity index (χ3n) is 9.67. The first-order valence-corrected chi connectivity index (χ1v) is 15.3. The van der Waals surface area contributed by atoms with E-state index in [1.165, 1.54) is 25.3 Å². The summed E-state index contributed by atoms with van der Waals surface area (Å²) in [4.78, 5) is 16.6. The predicted molar refractivity (Wildman–Crippen MR) is 157 cm³/mol. The molecule has 2 saturated heterocycles. The number of ether oxygens (including phenoxy) is 2. The standard InChI is InChI=1S/C33H41F3N4O3/c1-42-31(41)38-30-8-3-7-29(30)33(22-39-15-4-16-39,26-5-2-6-27(34)19-26)25-13-17-40(18-14-25)21-32(35,36)23-43-28-11-9-24(20-37)10-12-28/h2,5-6,9-12,19,25,29-30H,3-4,7-8,13-18,21-23H2,1H3,(H,38,41)/t29-,30-,33-/m0/s1. The number of hydrogen-bond acceptors (Lipinski definition) is 6. The smallest absolute Gasteiger partial charge is 0.407 e. The van der Waals surface area contributed by atoms with Crippen molar-refractivity contribution in [2.24, 2.45) is 11.8 Å². The van der Waals surface area contributed by atoms with Crippen LogP contribution in [-0.4, -0.2) is 80.8 Å². The minimum absolute atomic E-state index is 0.0628. The molecule has 0 spiro atoms. The number of carbonyl (C=O) groups excluding carboxylic acids is 1. The Balaban J connectivity index is 1.33. The number of methoxy groups -OCH3 is 1. The van der Waals surface area contributed by atoms with Crippen molar-refractivity contribution in [1.29, 1.82) is 5.26 Å². The highest BCUT2D eigenvalue weighted by molar-refractivity contribution is 5.67. The third-order valence-corrected chi connectivity index (χ3v) is 9.67. The van der Waals surface area contributed by atoms with Crippen molar-refractivity contribution in [1.82, 2.24) is 15.1 Å². The van der Waals surface area contributed by atoms with Gasteiger partial charge in [0, 0.05) is 18.0 Å². The number of likely N-dealkylation sites (tertiary alicyclic amines) is 2. The SMILES string of the molecule is COC(=O)N[C@H]1CCC[C@@H]1[C@](CN1CCC1)(c1cccc(F)c1)C1CCN(CC(F)(F)COc2ccc(C#N)cc2)CC1. The van der Waals surface area contributed by atoms with E-state index in [4.69, 9.17) is 14.7 Å². The van der Waals surface area contributed by atoms with Crippen molar-refractivity contribution in [3.8, 4) is 11.8 Å². The van der Waals surface area contributed by atoms with Crippen LogP contribution in [0, 0.1) is 29.0 Å². The normalized spacial score (nSPS) is 23.1. The number of benzene rings is 2. The Kier molecular flexibility index (Phi) is 9.82. The van der Waals surface area contributed by atoms with Gasteiger partial charge in [0.25, 0.3) is 5.92 Å². The van der Waals surface area contributed by atoms with Gasteiger partial charge in [0.2, 0.25) is 0 Å². The summed E-state index contributed by atoms with van der Waals surface area (Å²) < 4.78 is 55.2. The molecule has 1 aliphatic carbocycles. The molecule has 3 aliphatic rings. The maximum atomic E-state index is 15.0. The Hall–Kier alpha value is -3.29. The Morgan fingerprint density at radius 2 is 1.72 bits per heavy atom. The molecular weight excluding hydrogens is 557 g/mol. The number of alkyl halides is 2. The van der Waals surface area contributed by atoms with Crippen molar-refractivity contribution < 1.29 is 27.4 Å². The van der Waals surface area contributed by atoms with Crippen LogP contribution in [0.2, 0.25) is 0 Å². The van der Waals surface area contributed by atoms with Gasteiger partial charge in [-0.1, -0.05) is 18.6 Å². The van der Waals surface area contributed by atoms with Gasteiger partial charge >= 0.3 is 6.09 Å². The van der Waals surface area contributed by atoms with Crippen molar-refractivity contribution in [3.05, 3.63) is 65.5 Å². The second kappa shape index (κ2) is 13.6. The fourth-order valence-electron chi connectivity index (χ4n) is 7.53. The zero-order valence-corrected chi connectivity index (χ0v) is 24.7. The molecule has 7 nitrogen and oxygen atoms in total. The maximum absolute atomic E-state index is 15.0. The highest BCUT2D eigenvalue weighted by Gasteiger charge is 2.53. The predicted octanol–water partition coefficient (Wildman–Crippen LogP) is 5.59. The summed E-state index contributed by atoms with van der Waals surface area (Å²) in [6.45, 7) is 2.53. The molecule has 2 aromatic carbocycles. The Morgan fingerprint density at radius 1 is 1.00 bits per heavy atom. The number of piperidine rings is 1. The Labute approximate surface area is 251 Å². The highest BCUT2D eigenvalue weighted by atomic mass is 19.3. The summed E-state index contributed by atoms with van der Waals surface area (Å²) in [5.41, 5.74) is 0.927. The fraction of sp³-hybridized carbons (Fsp3) is 0.576. The van der Waals surface area contributed by atoms with Crippen molar-refractivity contribution >= 4 is 6.09 Å². The quantitative estimate of drug-likeness (QED) is 0.363. The molecule has 0 unspecified atom stereocenters. The highest BCUT2D eigenvalue weighted by Crippen LogP contribution is 2.51. The summed E-state index contributed by atoms with van der Waals surface area (Å²) in [5, 5.41) is 12.0. The van der Waals surface area contributed by atoms with Gasteiger partial charge in [0.15, 0.2) is 6.61 Å². The average molecular weight is 599 g/mol. The molecule has 3 atom stereocenters. The van der Waals surface area contributed by atoms with Crippen LogP contribution in [0.25, 0.3) is 0 Å². The fourth-order valence-corrected chi connectivity index (χ4v) is 7.53. The monoisotopic (exact) mass is 598 g/mol. The number of alkyl carbamates (subject to hydrolysis) is 1. The summed E-state index contributed by atoms with van der Waals surface area (Å²) in [6.07, 6.45) is 4.70. The molecule has 2 aromatic rings. The third kappa shape index (κ3) is 7.27. The van der Waals surface area contributed by atoms with E-state index in [1.807, 2.05) is 12.1 Å². The topological polar surface area (TPSA) is 77.8 Å². The maximum Gasteiger partial charge on any atom is 0.407 e. The Morgan fingerprint density at radius 3 is 2.35 bits per heavy atom. The van der Waals surface area contributed by atoms with E-state index >= 15 is 8.78 Å². The van der Waals surface area contributed by atoms with E-state index in [2.05, 4.69) is 10.2 Å². The number of hydrogen-bond donors (Lipinski definition) is 1. The average Bonchev–Trinajstić information content (AvgIpc) is 3.44. The summed E-state index contributed by atoms with van der Waals surface area (Å²) in [5.74, 6) is -2.86. The molecule has 1 saturated carbocycles. The van der Waals surface area contributed by atoms with Gasteiger partial charge in [0.1, 0.15) is 11.6 Å². The first-order valence-electron chi connectivity index (χ1n) is 15.3. The molecule has 2 aliphatic heterocycles. The van der Waals surface area contributed by atoms with Crippen LogP contribution in [0.1, 0.15) is 49.7 Å². The molecule has 3 fully saturated rings. The number of rotatable bonds is 11. The zero-order valence-electron chi connectivity index (χ0n) is 24.7. The van der Waals surface area contributed by atoms with E-state index in [-0.39, 0.29) is 23.7 Å². The molecule has 5 rings (SSSR count). The number of halogens is 3. The molecular formula is C33H41F3N4O3. The van der Waals surface area contributed by atoms with Gasteiger partial charge in [-0.15, -0.1) is 0 Å².